The van der Waals surface area contributed by atoms with Gasteiger partial charge in [-0.25, -0.2) is 0 Å². The van der Waals surface area contributed by atoms with Gasteiger partial charge < -0.3 is 14.8 Å². The van der Waals surface area contributed by atoms with Gasteiger partial charge in [-0.05, 0) is 29.8 Å². The number of nitrogens with one attached hydrogen (secondary N) is 1. The molecule has 0 amide bonds. The zero-order valence-corrected chi connectivity index (χ0v) is 9.63. The van der Waals surface area contributed by atoms with Crippen molar-refractivity contribution in [2.75, 3.05) is 5.32 Å². The van der Waals surface area contributed by atoms with Gasteiger partial charge in [0.05, 0.1) is 0 Å². The lowest BCUT2D eigenvalue weighted by molar-refractivity contribution is 0.475. The summed E-state index contributed by atoms with van der Waals surface area (Å²) < 4.78 is 5.54. The van der Waals surface area contributed by atoms with Crippen LogP contribution in [0.3, 0.4) is 0 Å². The Bertz CT molecular complexity index is 626. The van der Waals surface area contributed by atoms with E-state index < -0.39 is 0 Å². The Labute approximate surface area is 104 Å². The van der Waals surface area contributed by atoms with Gasteiger partial charge in [-0.3, -0.25) is 0 Å². The zero-order valence-electron chi connectivity index (χ0n) is 9.63. The van der Waals surface area contributed by atoms with Crippen molar-refractivity contribution in [1.82, 2.24) is 4.98 Å². The van der Waals surface area contributed by atoms with Gasteiger partial charge in [-0.2, -0.15) is 4.98 Å². The van der Waals surface area contributed by atoms with E-state index in [1.165, 1.54) is 0 Å². The van der Waals surface area contributed by atoms with Crippen molar-refractivity contribution in [1.29, 1.82) is 0 Å². The minimum atomic E-state index is 0.264. The van der Waals surface area contributed by atoms with Crippen LogP contribution in [0.1, 0.15) is 5.56 Å². The van der Waals surface area contributed by atoms with Gasteiger partial charge in [0, 0.05) is 6.54 Å². The number of phenols is 1. The molecule has 0 saturated carbocycles. The maximum Gasteiger partial charge on any atom is 0.295 e. The highest BCUT2D eigenvalue weighted by Gasteiger charge is 2.03. The second kappa shape index (κ2) is 4.41. The highest BCUT2D eigenvalue weighted by Crippen LogP contribution is 2.19. The van der Waals surface area contributed by atoms with Crippen molar-refractivity contribution in [3.05, 3.63) is 54.1 Å². The Balaban J connectivity index is 1.74. The summed E-state index contributed by atoms with van der Waals surface area (Å²) in [5.41, 5.74) is 2.66. The standard InChI is InChI=1S/C14H12N2O2/c17-11-7-5-10(6-8-11)9-15-14-16-12-3-1-2-4-13(12)18-14/h1-8,17H,9H2,(H,15,16). The van der Waals surface area contributed by atoms with E-state index >= 15 is 0 Å². The molecule has 0 aliphatic carbocycles. The van der Waals surface area contributed by atoms with Gasteiger partial charge in [0.2, 0.25) is 0 Å². The Morgan fingerprint density at radius 1 is 1.06 bits per heavy atom. The van der Waals surface area contributed by atoms with Crippen molar-refractivity contribution < 1.29 is 9.52 Å². The molecule has 18 heavy (non-hydrogen) atoms. The number of rotatable bonds is 3. The van der Waals surface area contributed by atoms with E-state index in [2.05, 4.69) is 10.3 Å². The van der Waals surface area contributed by atoms with E-state index in [0.717, 1.165) is 16.7 Å². The van der Waals surface area contributed by atoms with Gasteiger partial charge in [-0.1, -0.05) is 24.3 Å². The van der Waals surface area contributed by atoms with Crippen LogP contribution in [0.5, 0.6) is 5.75 Å². The monoisotopic (exact) mass is 240 g/mol. The predicted molar refractivity (Wildman–Crippen MR) is 69.4 cm³/mol. The third-order valence-electron chi connectivity index (χ3n) is 2.67. The molecule has 4 heteroatoms. The van der Waals surface area contributed by atoms with E-state index in [1.54, 1.807) is 12.1 Å². The molecule has 3 rings (SSSR count). The number of fused-ring (bicyclic) bond motifs is 1. The molecule has 0 unspecified atom stereocenters. The smallest absolute Gasteiger partial charge is 0.295 e. The molecule has 90 valence electrons. The normalized spacial score (nSPS) is 10.7. The van der Waals surface area contributed by atoms with Gasteiger partial charge in [0.1, 0.15) is 11.3 Å². The number of oxazole rings is 1. The summed E-state index contributed by atoms with van der Waals surface area (Å²) in [6.07, 6.45) is 0. The molecule has 0 aliphatic heterocycles. The third kappa shape index (κ3) is 2.13. The molecule has 4 nitrogen and oxygen atoms in total. The van der Waals surface area contributed by atoms with E-state index in [-0.39, 0.29) is 5.75 Å². The molecular formula is C14H12N2O2. The lowest BCUT2D eigenvalue weighted by atomic mass is 10.2. The molecule has 0 atom stereocenters. The summed E-state index contributed by atoms with van der Waals surface area (Å²) >= 11 is 0. The van der Waals surface area contributed by atoms with Gasteiger partial charge in [-0.15, -0.1) is 0 Å². The van der Waals surface area contributed by atoms with Gasteiger partial charge in [0.15, 0.2) is 5.58 Å². The number of hydrogen-bond acceptors (Lipinski definition) is 4. The quantitative estimate of drug-likeness (QED) is 0.738. The largest absolute Gasteiger partial charge is 0.508 e. The summed E-state index contributed by atoms with van der Waals surface area (Å²) in [5.74, 6) is 0.264. The van der Waals surface area contributed by atoms with E-state index in [1.807, 2.05) is 36.4 Å². The summed E-state index contributed by atoms with van der Waals surface area (Å²) in [6, 6.07) is 15.1. The maximum absolute atomic E-state index is 9.19. The molecule has 0 fully saturated rings. The van der Waals surface area contributed by atoms with Crippen LogP contribution in [0, 0.1) is 0 Å². The summed E-state index contributed by atoms with van der Waals surface area (Å²) in [4.78, 5) is 4.32. The van der Waals surface area contributed by atoms with Crippen molar-refractivity contribution in [2.24, 2.45) is 0 Å². The van der Waals surface area contributed by atoms with Crippen molar-refractivity contribution in [3.8, 4) is 5.75 Å². The number of benzene rings is 2. The predicted octanol–water partition coefficient (Wildman–Crippen LogP) is 3.15. The minimum Gasteiger partial charge on any atom is -0.508 e. The fraction of sp³-hybridized carbons (Fsp3) is 0.0714. The molecule has 3 aromatic rings. The molecule has 2 aromatic carbocycles. The van der Waals surface area contributed by atoms with Crippen LogP contribution in [0.15, 0.2) is 52.9 Å². The number of hydrogen-bond donors (Lipinski definition) is 2. The van der Waals surface area contributed by atoms with E-state index in [0.29, 0.717) is 12.6 Å². The maximum atomic E-state index is 9.19. The molecule has 0 aliphatic rings. The van der Waals surface area contributed by atoms with Crippen LogP contribution in [-0.2, 0) is 6.54 Å². The van der Waals surface area contributed by atoms with Gasteiger partial charge in [0.25, 0.3) is 6.01 Å². The first-order valence-electron chi connectivity index (χ1n) is 5.68. The molecule has 0 radical (unpaired) electrons. The second-order valence-electron chi connectivity index (χ2n) is 4.01. The Morgan fingerprint density at radius 2 is 1.83 bits per heavy atom. The average molecular weight is 240 g/mol. The summed E-state index contributed by atoms with van der Waals surface area (Å²) in [5, 5.41) is 12.3. The number of phenolic OH excluding ortho intramolecular Hbond substituents is 1. The highest BCUT2D eigenvalue weighted by molar-refractivity contribution is 5.74. The SMILES string of the molecule is Oc1ccc(CNc2nc3ccccc3o2)cc1. The minimum absolute atomic E-state index is 0.264. The number of aromatic hydroxyl groups is 1. The first-order valence-corrected chi connectivity index (χ1v) is 5.68. The van der Waals surface area contributed by atoms with Gasteiger partial charge >= 0.3 is 0 Å². The number of para-hydroxylation sites is 2. The zero-order chi connectivity index (χ0) is 12.4. The first kappa shape index (κ1) is 10.7. The fourth-order valence-corrected chi connectivity index (χ4v) is 1.74. The van der Waals surface area contributed by atoms with Crippen LogP contribution in [0.25, 0.3) is 11.1 Å². The van der Waals surface area contributed by atoms with Crippen LogP contribution >= 0.6 is 0 Å². The van der Waals surface area contributed by atoms with Crippen LogP contribution in [0.2, 0.25) is 0 Å². The van der Waals surface area contributed by atoms with Crippen LogP contribution in [0.4, 0.5) is 6.01 Å². The fourth-order valence-electron chi connectivity index (χ4n) is 1.74. The third-order valence-corrected chi connectivity index (χ3v) is 2.67. The van der Waals surface area contributed by atoms with Crippen LogP contribution in [-0.4, -0.2) is 10.1 Å². The molecule has 1 heterocycles. The summed E-state index contributed by atoms with van der Waals surface area (Å²) in [6.45, 7) is 0.604. The van der Waals surface area contributed by atoms with E-state index in [9.17, 15) is 5.11 Å². The van der Waals surface area contributed by atoms with Crippen LogP contribution < -0.4 is 5.32 Å². The molecule has 0 spiro atoms. The Hall–Kier alpha value is -2.49. The van der Waals surface area contributed by atoms with Crippen molar-refractivity contribution >= 4 is 17.1 Å². The first-order chi connectivity index (χ1) is 8.81. The Kier molecular flexibility index (Phi) is 2.61. The van der Waals surface area contributed by atoms with Crippen molar-refractivity contribution in [3.63, 3.8) is 0 Å². The lowest BCUT2D eigenvalue weighted by Gasteiger charge is -2.01. The Morgan fingerprint density at radius 3 is 2.61 bits per heavy atom. The molecule has 0 bridgehead atoms. The topological polar surface area (TPSA) is 58.3 Å². The molecule has 2 N–H and O–H groups in total. The summed E-state index contributed by atoms with van der Waals surface area (Å²) in [7, 11) is 0. The number of nitrogens with zero attached hydrogens (tertiary/aromatic N) is 1. The molecule has 1 aromatic heterocycles. The number of anilines is 1. The highest BCUT2D eigenvalue weighted by atomic mass is 16.4. The van der Waals surface area contributed by atoms with Crippen molar-refractivity contribution in [2.45, 2.75) is 6.54 Å². The average Bonchev–Trinajstić information content (AvgIpc) is 2.81. The second-order valence-corrected chi connectivity index (χ2v) is 4.01. The lowest BCUT2D eigenvalue weighted by Crippen LogP contribution is -1.98. The van der Waals surface area contributed by atoms with E-state index in [4.69, 9.17) is 4.42 Å². The number of aromatic nitrogens is 1. The molecule has 0 saturated heterocycles. The molecular weight excluding hydrogens is 228 g/mol.